The van der Waals surface area contributed by atoms with Gasteiger partial charge < -0.3 is 4.90 Å². The number of sulfonamides is 1. The van der Waals surface area contributed by atoms with Crippen LogP contribution < -0.4 is 0 Å². The van der Waals surface area contributed by atoms with Gasteiger partial charge in [0.25, 0.3) is 10.0 Å². The molecule has 21 heavy (non-hydrogen) atoms. The number of likely N-dealkylation sites (N-methyl/N-ethyl adjacent to an activating group) is 1. The zero-order valence-corrected chi connectivity index (χ0v) is 13.3. The van der Waals surface area contributed by atoms with E-state index in [-0.39, 0.29) is 8.77 Å². The molecule has 12 heteroatoms. The van der Waals surface area contributed by atoms with Gasteiger partial charge in [-0.3, -0.25) is 4.79 Å². The second kappa shape index (κ2) is 6.46. The van der Waals surface area contributed by atoms with Crippen LogP contribution in [0.15, 0.2) is 10.4 Å². The second-order valence-electron chi connectivity index (χ2n) is 4.11. The van der Waals surface area contributed by atoms with Crippen molar-refractivity contribution in [3.05, 3.63) is 10.7 Å². The first-order valence-electron chi connectivity index (χ1n) is 5.32. The number of thiazole rings is 1. The standard InChI is InChI=1S/C9H11ClF3N3O3S2/c1-15(2)6(17)4-16(5-9(11,12)13)21(18,19)7-3-14-8(10)20-7/h3H,4-5H2,1-2H3. The normalized spacial score (nSPS) is 12.7. The summed E-state index contributed by atoms with van der Waals surface area (Å²) in [5.74, 6) is -0.779. The summed E-state index contributed by atoms with van der Waals surface area (Å²) in [7, 11) is -1.88. The number of hydrogen-bond donors (Lipinski definition) is 0. The predicted molar refractivity (Wildman–Crippen MR) is 70.6 cm³/mol. The lowest BCUT2D eigenvalue weighted by atomic mass is 10.5. The topological polar surface area (TPSA) is 70.6 Å². The molecule has 0 aliphatic rings. The molecule has 0 spiro atoms. The van der Waals surface area contributed by atoms with E-state index in [2.05, 4.69) is 4.98 Å². The maximum absolute atomic E-state index is 12.5. The minimum absolute atomic E-state index is 0.0547. The molecular weight excluding hydrogens is 355 g/mol. The van der Waals surface area contributed by atoms with Crippen LogP contribution in [0.4, 0.5) is 13.2 Å². The highest BCUT2D eigenvalue weighted by Gasteiger charge is 2.39. The highest BCUT2D eigenvalue weighted by atomic mass is 35.5. The molecule has 0 atom stereocenters. The van der Waals surface area contributed by atoms with Crippen LogP contribution in [0.3, 0.4) is 0 Å². The first-order chi connectivity index (χ1) is 9.43. The maximum Gasteiger partial charge on any atom is 0.402 e. The molecule has 0 N–H and O–H groups in total. The van der Waals surface area contributed by atoms with E-state index < -0.39 is 39.4 Å². The van der Waals surface area contributed by atoms with E-state index in [9.17, 15) is 26.4 Å². The fourth-order valence-electron chi connectivity index (χ4n) is 1.20. The Hall–Kier alpha value is -0.910. The van der Waals surface area contributed by atoms with Gasteiger partial charge in [0.05, 0.1) is 12.7 Å². The van der Waals surface area contributed by atoms with Crippen molar-refractivity contribution < 1.29 is 26.4 Å². The fourth-order valence-corrected chi connectivity index (χ4v) is 4.03. The van der Waals surface area contributed by atoms with Crippen LogP contribution in [0, 0.1) is 0 Å². The minimum atomic E-state index is -4.78. The number of rotatable bonds is 5. The fraction of sp³-hybridized carbons (Fsp3) is 0.556. The van der Waals surface area contributed by atoms with Crippen molar-refractivity contribution in [1.29, 1.82) is 0 Å². The third-order valence-corrected chi connectivity index (χ3v) is 5.56. The van der Waals surface area contributed by atoms with Crippen molar-refractivity contribution in [1.82, 2.24) is 14.2 Å². The lowest BCUT2D eigenvalue weighted by molar-refractivity contribution is -0.141. The largest absolute Gasteiger partial charge is 0.402 e. The van der Waals surface area contributed by atoms with Crippen LogP contribution in [-0.4, -0.2) is 61.9 Å². The number of alkyl halides is 3. The molecule has 0 saturated heterocycles. The molecule has 6 nitrogen and oxygen atoms in total. The second-order valence-corrected chi connectivity index (χ2v) is 7.89. The van der Waals surface area contributed by atoms with E-state index in [1.54, 1.807) is 0 Å². The SMILES string of the molecule is CN(C)C(=O)CN(CC(F)(F)F)S(=O)(=O)c1cnc(Cl)s1. The summed E-state index contributed by atoms with van der Waals surface area (Å²) in [6.07, 6.45) is -3.93. The quantitative estimate of drug-likeness (QED) is 0.791. The number of halogens is 4. The van der Waals surface area contributed by atoms with Gasteiger partial charge in [-0.25, -0.2) is 13.4 Å². The molecule has 0 aromatic carbocycles. The maximum atomic E-state index is 12.5. The Labute approximate surface area is 128 Å². The Balaban J connectivity index is 3.13. The van der Waals surface area contributed by atoms with Crippen molar-refractivity contribution >= 4 is 38.9 Å². The Kier molecular flexibility index (Phi) is 5.58. The Morgan fingerprint density at radius 3 is 2.38 bits per heavy atom. The van der Waals surface area contributed by atoms with Gasteiger partial charge in [0, 0.05) is 14.1 Å². The molecule has 1 heterocycles. The van der Waals surface area contributed by atoms with Crippen LogP contribution in [-0.2, 0) is 14.8 Å². The molecule has 0 aliphatic carbocycles. The molecule has 0 unspecified atom stereocenters. The molecule has 1 aromatic heterocycles. The molecule has 0 fully saturated rings. The van der Waals surface area contributed by atoms with Crippen LogP contribution in [0.1, 0.15) is 0 Å². The average molecular weight is 366 g/mol. The van der Waals surface area contributed by atoms with Crippen LogP contribution in [0.25, 0.3) is 0 Å². The van der Waals surface area contributed by atoms with Crippen molar-refractivity contribution in [3.8, 4) is 0 Å². The highest BCUT2D eigenvalue weighted by Crippen LogP contribution is 2.28. The number of aromatic nitrogens is 1. The Bertz CT molecular complexity index is 615. The average Bonchev–Trinajstić information content (AvgIpc) is 2.73. The van der Waals surface area contributed by atoms with Crippen LogP contribution in [0.5, 0.6) is 0 Å². The zero-order chi connectivity index (χ0) is 16.4. The third kappa shape index (κ3) is 5.09. The summed E-state index contributed by atoms with van der Waals surface area (Å²) in [5.41, 5.74) is 0. The summed E-state index contributed by atoms with van der Waals surface area (Å²) in [6, 6.07) is 0. The van der Waals surface area contributed by atoms with E-state index in [1.807, 2.05) is 0 Å². The van der Waals surface area contributed by atoms with Crippen molar-refractivity contribution in [2.75, 3.05) is 27.2 Å². The molecule has 0 radical (unpaired) electrons. The van der Waals surface area contributed by atoms with Gasteiger partial charge in [0.15, 0.2) is 8.68 Å². The van der Waals surface area contributed by atoms with Gasteiger partial charge in [0.1, 0.15) is 6.54 Å². The smallest absolute Gasteiger partial charge is 0.348 e. The van der Waals surface area contributed by atoms with Crippen molar-refractivity contribution in [3.63, 3.8) is 0 Å². The van der Waals surface area contributed by atoms with Gasteiger partial charge >= 0.3 is 6.18 Å². The van der Waals surface area contributed by atoms with E-state index in [0.717, 1.165) is 11.1 Å². The number of carbonyl (C=O) groups is 1. The van der Waals surface area contributed by atoms with E-state index >= 15 is 0 Å². The van der Waals surface area contributed by atoms with Crippen molar-refractivity contribution in [2.24, 2.45) is 0 Å². The number of carbonyl (C=O) groups excluding carboxylic acids is 1. The van der Waals surface area contributed by atoms with Crippen LogP contribution in [0.2, 0.25) is 4.47 Å². The first-order valence-corrected chi connectivity index (χ1v) is 7.95. The molecular formula is C9H11ClF3N3O3S2. The predicted octanol–water partition coefficient (Wildman–Crippen LogP) is 1.44. The van der Waals surface area contributed by atoms with Crippen LogP contribution >= 0.6 is 22.9 Å². The van der Waals surface area contributed by atoms with Gasteiger partial charge in [-0.2, -0.15) is 17.5 Å². The minimum Gasteiger partial charge on any atom is -0.348 e. The van der Waals surface area contributed by atoms with E-state index in [4.69, 9.17) is 11.6 Å². The van der Waals surface area contributed by atoms with E-state index in [1.165, 1.54) is 14.1 Å². The molecule has 1 amide bonds. The van der Waals surface area contributed by atoms with Gasteiger partial charge in [-0.1, -0.05) is 22.9 Å². The van der Waals surface area contributed by atoms with Gasteiger partial charge in [0.2, 0.25) is 5.91 Å². The Morgan fingerprint density at radius 2 is 2.00 bits per heavy atom. The summed E-state index contributed by atoms with van der Waals surface area (Å²) < 4.78 is 61.4. The summed E-state index contributed by atoms with van der Waals surface area (Å²) in [5, 5.41) is 0. The summed E-state index contributed by atoms with van der Waals surface area (Å²) in [4.78, 5) is 16.0. The number of amides is 1. The Morgan fingerprint density at radius 1 is 1.43 bits per heavy atom. The van der Waals surface area contributed by atoms with Gasteiger partial charge in [-0.05, 0) is 0 Å². The molecule has 0 saturated carbocycles. The first kappa shape index (κ1) is 18.1. The molecule has 1 rings (SSSR count). The van der Waals surface area contributed by atoms with E-state index in [0.29, 0.717) is 11.3 Å². The lowest BCUT2D eigenvalue weighted by Gasteiger charge is -2.23. The monoisotopic (exact) mass is 365 g/mol. The zero-order valence-electron chi connectivity index (χ0n) is 10.9. The highest BCUT2D eigenvalue weighted by molar-refractivity contribution is 7.91. The lowest BCUT2D eigenvalue weighted by Crippen LogP contribution is -2.44. The van der Waals surface area contributed by atoms with Gasteiger partial charge in [-0.15, -0.1) is 0 Å². The number of hydrogen-bond acceptors (Lipinski definition) is 5. The molecule has 1 aromatic rings. The van der Waals surface area contributed by atoms with Crippen molar-refractivity contribution in [2.45, 2.75) is 10.4 Å². The molecule has 0 aliphatic heterocycles. The summed E-state index contributed by atoms with van der Waals surface area (Å²) >= 11 is 6.00. The molecule has 120 valence electrons. The summed E-state index contributed by atoms with van der Waals surface area (Å²) in [6.45, 7) is -2.70. The third-order valence-electron chi connectivity index (χ3n) is 2.22. The number of nitrogens with zero attached hydrogens (tertiary/aromatic N) is 3. The molecule has 0 bridgehead atoms.